The lowest BCUT2D eigenvalue weighted by molar-refractivity contribution is 0.0677. The topological polar surface area (TPSA) is 46.5 Å². The molecule has 2 rings (SSSR count). The molecule has 1 aliphatic rings. The summed E-state index contributed by atoms with van der Waals surface area (Å²) in [5, 5.41) is 3.22. The molecule has 2 heterocycles. The van der Waals surface area contributed by atoms with E-state index in [1.807, 2.05) is 34.8 Å². The molecule has 0 unspecified atom stereocenters. The van der Waals surface area contributed by atoms with E-state index in [-0.39, 0.29) is 5.91 Å². The lowest BCUT2D eigenvalue weighted by atomic mass is 9.96. The summed E-state index contributed by atoms with van der Waals surface area (Å²) in [6, 6.07) is 3.83. The molecule has 20 heavy (non-hydrogen) atoms. The molecule has 1 saturated heterocycles. The van der Waals surface area contributed by atoms with E-state index in [4.69, 9.17) is 4.74 Å². The minimum Gasteiger partial charge on any atom is -0.383 e. The van der Waals surface area contributed by atoms with Crippen molar-refractivity contribution in [3.05, 3.63) is 24.0 Å². The van der Waals surface area contributed by atoms with Gasteiger partial charge in [0.15, 0.2) is 0 Å². The highest BCUT2D eigenvalue weighted by Gasteiger charge is 2.24. The normalized spacial score (nSPS) is 16.6. The Kier molecular flexibility index (Phi) is 5.61. The molecule has 0 aromatic carbocycles. The van der Waals surface area contributed by atoms with Crippen molar-refractivity contribution in [2.75, 3.05) is 40.4 Å². The SMILES string of the molecule is CNCC1CCN(C(=O)c2cccn2CCOC)CC1. The number of ether oxygens (including phenoxy) is 1. The van der Waals surface area contributed by atoms with E-state index >= 15 is 0 Å². The molecule has 5 nitrogen and oxygen atoms in total. The predicted molar refractivity (Wildman–Crippen MR) is 78.9 cm³/mol. The number of carbonyl (C=O) groups excluding carboxylic acids is 1. The average Bonchev–Trinajstić information content (AvgIpc) is 2.94. The first kappa shape index (κ1) is 15.1. The van der Waals surface area contributed by atoms with Crippen molar-refractivity contribution in [3.8, 4) is 0 Å². The van der Waals surface area contributed by atoms with Crippen LogP contribution < -0.4 is 5.32 Å². The van der Waals surface area contributed by atoms with Gasteiger partial charge in [0.1, 0.15) is 5.69 Å². The van der Waals surface area contributed by atoms with Gasteiger partial charge in [-0.15, -0.1) is 0 Å². The van der Waals surface area contributed by atoms with Gasteiger partial charge in [0.25, 0.3) is 5.91 Å². The molecule has 1 amide bonds. The Labute approximate surface area is 120 Å². The Morgan fingerprint density at radius 2 is 2.20 bits per heavy atom. The van der Waals surface area contributed by atoms with Crippen LogP contribution in [0.15, 0.2) is 18.3 Å². The van der Waals surface area contributed by atoms with Crippen LogP contribution in [0.1, 0.15) is 23.3 Å². The summed E-state index contributed by atoms with van der Waals surface area (Å²) >= 11 is 0. The van der Waals surface area contributed by atoms with Gasteiger partial charge in [-0.1, -0.05) is 0 Å². The van der Waals surface area contributed by atoms with E-state index in [9.17, 15) is 4.79 Å². The number of amides is 1. The molecule has 1 aromatic heterocycles. The van der Waals surface area contributed by atoms with Crippen LogP contribution in [-0.2, 0) is 11.3 Å². The maximum atomic E-state index is 12.6. The van der Waals surface area contributed by atoms with Crippen LogP contribution >= 0.6 is 0 Å². The third kappa shape index (κ3) is 3.61. The number of nitrogens with zero attached hydrogens (tertiary/aromatic N) is 2. The molecule has 1 aromatic rings. The van der Waals surface area contributed by atoms with E-state index in [0.29, 0.717) is 12.5 Å². The average molecular weight is 279 g/mol. The van der Waals surface area contributed by atoms with Gasteiger partial charge in [-0.3, -0.25) is 4.79 Å². The largest absolute Gasteiger partial charge is 0.383 e. The summed E-state index contributed by atoms with van der Waals surface area (Å²) in [4.78, 5) is 14.5. The first-order chi connectivity index (χ1) is 9.76. The number of nitrogens with one attached hydrogen (secondary N) is 1. The molecule has 1 aliphatic heterocycles. The van der Waals surface area contributed by atoms with Gasteiger partial charge in [-0.25, -0.2) is 0 Å². The molecule has 0 spiro atoms. The van der Waals surface area contributed by atoms with Crippen LogP contribution in [0, 0.1) is 5.92 Å². The van der Waals surface area contributed by atoms with E-state index in [0.717, 1.165) is 44.7 Å². The molecule has 0 saturated carbocycles. The Hall–Kier alpha value is -1.33. The Morgan fingerprint density at radius 3 is 2.85 bits per heavy atom. The quantitative estimate of drug-likeness (QED) is 0.851. The van der Waals surface area contributed by atoms with Crippen molar-refractivity contribution in [1.29, 1.82) is 0 Å². The zero-order chi connectivity index (χ0) is 14.4. The molecular weight excluding hydrogens is 254 g/mol. The second-order valence-corrected chi connectivity index (χ2v) is 5.37. The van der Waals surface area contributed by atoms with Crippen LogP contribution in [-0.4, -0.2) is 55.8 Å². The Balaban J connectivity index is 1.93. The van der Waals surface area contributed by atoms with E-state index < -0.39 is 0 Å². The van der Waals surface area contributed by atoms with Crippen LogP contribution in [0.4, 0.5) is 0 Å². The molecule has 0 bridgehead atoms. The predicted octanol–water partition coefficient (Wildman–Crippen LogP) is 1.21. The summed E-state index contributed by atoms with van der Waals surface area (Å²) in [5.41, 5.74) is 0.772. The minimum atomic E-state index is 0.147. The smallest absolute Gasteiger partial charge is 0.270 e. The van der Waals surface area contributed by atoms with Crippen LogP contribution in [0.3, 0.4) is 0 Å². The molecule has 1 N–H and O–H groups in total. The Morgan fingerprint density at radius 1 is 1.45 bits per heavy atom. The van der Waals surface area contributed by atoms with E-state index in [1.165, 1.54) is 0 Å². The summed E-state index contributed by atoms with van der Waals surface area (Å²) in [6.07, 6.45) is 4.12. The molecule has 0 atom stereocenters. The van der Waals surface area contributed by atoms with Crippen LogP contribution in [0.25, 0.3) is 0 Å². The van der Waals surface area contributed by atoms with Gasteiger partial charge in [0.2, 0.25) is 0 Å². The van der Waals surface area contributed by atoms with E-state index in [1.54, 1.807) is 7.11 Å². The maximum absolute atomic E-state index is 12.6. The van der Waals surface area contributed by atoms with Crippen molar-refractivity contribution >= 4 is 5.91 Å². The fraction of sp³-hybridized carbons (Fsp3) is 0.667. The molecular formula is C15H25N3O2. The zero-order valence-electron chi connectivity index (χ0n) is 12.5. The van der Waals surface area contributed by atoms with Gasteiger partial charge in [-0.2, -0.15) is 0 Å². The maximum Gasteiger partial charge on any atom is 0.270 e. The third-order valence-electron chi connectivity index (χ3n) is 3.98. The van der Waals surface area contributed by atoms with E-state index in [2.05, 4.69) is 5.32 Å². The lowest BCUT2D eigenvalue weighted by Crippen LogP contribution is -2.41. The van der Waals surface area contributed by atoms with Crippen molar-refractivity contribution in [2.45, 2.75) is 19.4 Å². The molecule has 1 fully saturated rings. The first-order valence-electron chi connectivity index (χ1n) is 7.34. The molecule has 0 aliphatic carbocycles. The van der Waals surface area contributed by atoms with Gasteiger partial charge in [-0.05, 0) is 44.5 Å². The Bertz CT molecular complexity index is 423. The van der Waals surface area contributed by atoms with Gasteiger partial charge < -0.3 is 19.5 Å². The van der Waals surface area contributed by atoms with Crippen LogP contribution in [0.5, 0.6) is 0 Å². The van der Waals surface area contributed by atoms with Crippen molar-refractivity contribution < 1.29 is 9.53 Å². The number of aromatic nitrogens is 1. The fourth-order valence-electron chi connectivity index (χ4n) is 2.78. The lowest BCUT2D eigenvalue weighted by Gasteiger charge is -2.32. The van der Waals surface area contributed by atoms with Crippen molar-refractivity contribution in [2.24, 2.45) is 5.92 Å². The van der Waals surface area contributed by atoms with Gasteiger partial charge in [0.05, 0.1) is 6.61 Å². The highest BCUT2D eigenvalue weighted by atomic mass is 16.5. The number of hydrogen-bond acceptors (Lipinski definition) is 3. The monoisotopic (exact) mass is 279 g/mol. The zero-order valence-corrected chi connectivity index (χ0v) is 12.5. The number of piperidine rings is 1. The molecule has 5 heteroatoms. The fourth-order valence-corrected chi connectivity index (χ4v) is 2.78. The summed E-state index contributed by atoms with van der Waals surface area (Å²) in [6.45, 7) is 4.12. The van der Waals surface area contributed by atoms with Gasteiger partial charge >= 0.3 is 0 Å². The number of rotatable bonds is 6. The molecule has 0 radical (unpaired) electrons. The third-order valence-corrected chi connectivity index (χ3v) is 3.98. The van der Waals surface area contributed by atoms with Gasteiger partial charge in [0, 0.05) is 32.9 Å². The summed E-state index contributed by atoms with van der Waals surface area (Å²) < 4.78 is 7.06. The minimum absolute atomic E-state index is 0.147. The second-order valence-electron chi connectivity index (χ2n) is 5.37. The van der Waals surface area contributed by atoms with Crippen molar-refractivity contribution in [3.63, 3.8) is 0 Å². The number of hydrogen-bond donors (Lipinski definition) is 1. The number of methoxy groups -OCH3 is 1. The second kappa shape index (κ2) is 7.45. The summed E-state index contributed by atoms with van der Waals surface area (Å²) in [5.74, 6) is 0.846. The molecule has 112 valence electrons. The highest BCUT2D eigenvalue weighted by Crippen LogP contribution is 2.18. The van der Waals surface area contributed by atoms with Crippen LogP contribution in [0.2, 0.25) is 0 Å². The summed E-state index contributed by atoms with van der Waals surface area (Å²) in [7, 11) is 3.66. The highest BCUT2D eigenvalue weighted by molar-refractivity contribution is 5.92. The standard InChI is InChI=1S/C15H25N3O2/c1-16-12-13-5-8-18(9-6-13)15(19)14-4-3-7-17(14)10-11-20-2/h3-4,7,13,16H,5-6,8-12H2,1-2H3. The number of likely N-dealkylation sites (tertiary alicyclic amines) is 1. The van der Waals surface area contributed by atoms with Crippen molar-refractivity contribution in [1.82, 2.24) is 14.8 Å². The first-order valence-corrected chi connectivity index (χ1v) is 7.34. The number of carbonyl (C=O) groups is 1.